The maximum atomic E-state index is 12.7. The van der Waals surface area contributed by atoms with Gasteiger partial charge in [-0.05, 0) is 31.2 Å². The van der Waals surface area contributed by atoms with Gasteiger partial charge in [-0.2, -0.15) is 0 Å². The van der Waals surface area contributed by atoms with Crippen LogP contribution in [0.3, 0.4) is 0 Å². The van der Waals surface area contributed by atoms with Gasteiger partial charge in [0.05, 0.1) is 42.0 Å². The Balaban J connectivity index is 1.50. The Morgan fingerprint density at radius 3 is 2.46 bits per heavy atom. The van der Waals surface area contributed by atoms with Crippen molar-refractivity contribution in [2.24, 2.45) is 0 Å². The van der Waals surface area contributed by atoms with Crippen molar-refractivity contribution in [1.82, 2.24) is 4.90 Å². The predicted molar refractivity (Wildman–Crippen MR) is 111 cm³/mol. The van der Waals surface area contributed by atoms with E-state index in [0.717, 1.165) is 41.1 Å². The molecule has 0 atom stereocenters. The summed E-state index contributed by atoms with van der Waals surface area (Å²) in [6.45, 7) is 7.15. The molecule has 28 heavy (non-hydrogen) atoms. The Morgan fingerprint density at radius 2 is 1.93 bits per heavy atom. The average Bonchev–Trinajstić information content (AvgIpc) is 3.11. The maximum absolute atomic E-state index is 12.7. The van der Waals surface area contributed by atoms with E-state index >= 15 is 0 Å². The second-order valence-electron chi connectivity index (χ2n) is 6.80. The number of hydrogen-bond donors (Lipinski definition) is 1. The van der Waals surface area contributed by atoms with Crippen LogP contribution in [0.1, 0.15) is 11.8 Å². The first-order valence-corrected chi connectivity index (χ1v) is 10.5. The van der Waals surface area contributed by atoms with E-state index in [9.17, 15) is 14.9 Å². The maximum Gasteiger partial charge on any atom is 0.278 e. The minimum Gasteiger partial charge on any atom is -0.360 e. The quantitative estimate of drug-likeness (QED) is 0.546. The van der Waals surface area contributed by atoms with Crippen LogP contribution in [0.15, 0.2) is 36.4 Å². The lowest BCUT2D eigenvalue weighted by Gasteiger charge is -2.34. The summed E-state index contributed by atoms with van der Waals surface area (Å²) in [6, 6.07) is 10.5. The fourth-order valence-electron chi connectivity index (χ4n) is 3.37. The molecule has 1 N–H and O–H groups in total. The molecule has 0 saturated carbocycles. The van der Waals surface area contributed by atoms with Crippen LogP contribution >= 0.6 is 22.9 Å². The summed E-state index contributed by atoms with van der Waals surface area (Å²) in [5.41, 5.74) is 1.09. The number of carbonyl (C=O) groups excluding carboxylic acids is 1. The van der Waals surface area contributed by atoms with E-state index in [0.29, 0.717) is 19.6 Å². The zero-order chi connectivity index (χ0) is 20.1. The number of amides is 1. The Morgan fingerprint density at radius 1 is 1.25 bits per heavy atom. The fourth-order valence-corrected chi connectivity index (χ4v) is 4.47. The van der Waals surface area contributed by atoms with Gasteiger partial charge in [-0.3, -0.25) is 14.9 Å². The van der Waals surface area contributed by atoms with E-state index in [1.54, 1.807) is 12.1 Å². The molecule has 1 aliphatic rings. The first-order valence-electron chi connectivity index (χ1n) is 9.31. The Labute approximate surface area is 173 Å². The number of quaternary nitrogens is 1. The number of carbonyl (C=O) groups is 1. The summed E-state index contributed by atoms with van der Waals surface area (Å²) in [5, 5.41) is 10.8. The number of benzene rings is 1. The molecule has 0 bridgehead atoms. The molecular weight excluding hydrogens is 400 g/mol. The summed E-state index contributed by atoms with van der Waals surface area (Å²) in [5.74, 6) is 0.158. The number of halogens is 1. The molecule has 0 aliphatic carbocycles. The van der Waals surface area contributed by atoms with Crippen LogP contribution in [0, 0.1) is 10.1 Å². The lowest BCUT2D eigenvalue weighted by atomic mass is 10.2. The number of hydrogen-bond acceptors (Lipinski definition) is 5. The van der Waals surface area contributed by atoms with Gasteiger partial charge in [-0.25, -0.2) is 0 Å². The van der Waals surface area contributed by atoms with Crippen molar-refractivity contribution in [3.05, 3.63) is 55.7 Å². The number of non-ortho nitro benzene ring substituents is 1. The number of piperazine rings is 1. The topological polar surface area (TPSA) is 71.1 Å². The largest absolute Gasteiger partial charge is 0.360 e. The van der Waals surface area contributed by atoms with Crippen LogP contribution < -0.4 is 9.80 Å². The number of nitrogens with one attached hydrogen (secondary N) is 1. The van der Waals surface area contributed by atoms with E-state index in [1.165, 1.54) is 28.4 Å². The molecule has 7 nitrogen and oxygen atoms in total. The van der Waals surface area contributed by atoms with Gasteiger partial charge in [0.15, 0.2) is 6.54 Å². The average molecular weight is 424 g/mol. The summed E-state index contributed by atoms with van der Waals surface area (Å²) in [4.78, 5) is 29.5. The van der Waals surface area contributed by atoms with Crippen LogP contribution in [0.25, 0.3) is 0 Å². The van der Waals surface area contributed by atoms with Gasteiger partial charge >= 0.3 is 0 Å². The van der Waals surface area contributed by atoms with Gasteiger partial charge in [0.1, 0.15) is 0 Å². The molecule has 1 aromatic carbocycles. The van der Waals surface area contributed by atoms with Crippen molar-refractivity contribution < 1.29 is 14.6 Å². The minimum absolute atomic E-state index is 0.102. The van der Waals surface area contributed by atoms with E-state index < -0.39 is 0 Å². The van der Waals surface area contributed by atoms with Crippen molar-refractivity contribution in [3.63, 3.8) is 0 Å². The zero-order valence-electron chi connectivity index (χ0n) is 15.8. The molecule has 2 aromatic rings. The smallest absolute Gasteiger partial charge is 0.278 e. The summed E-state index contributed by atoms with van der Waals surface area (Å²) in [6.07, 6.45) is 0. The van der Waals surface area contributed by atoms with Crippen LogP contribution in [0.2, 0.25) is 4.34 Å². The monoisotopic (exact) mass is 423 g/mol. The van der Waals surface area contributed by atoms with Gasteiger partial charge in [0.25, 0.3) is 11.6 Å². The molecule has 1 amide bonds. The van der Waals surface area contributed by atoms with E-state index in [1.807, 2.05) is 24.0 Å². The van der Waals surface area contributed by atoms with Crippen molar-refractivity contribution in [1.29, 1.82) is 0 Å². The molecule has 1 aliphatic heterocycles. The van der Waals surface area contributed by atoms with E-state index in [4.69, 9.17) is 11.6 Å². The molecular formula is C19H24ClN4O3S+. The number of nitrogens with zero attached hydrogens (tertiary/aromatic N) is 3. The van der Waals surface area contributed by atoms with Crippen LogP contribution in [-0.4, -0.2) is 55.0 Å². The second-order valence-corrected chi connectivity index (χ2v) is 8.60. The molecule has 0 radical (unpaired) electrons. The fraction of sp³-hybridized carbons (Fsp3) is 0.421. The molecule has 0 unspecified atom stereocenters. The Hall–Kier alpha value is -2.16. The molecule has 150 valence electrons. The first kappa shape index (κ1) is 20.6. The van der Waals surface area contributed by atoms with Gasteiger partial charge in [0.2, 0.25) is 0 Å². The zero-order valence-corrected chi connectivity index (χ0v) is 17.3. The van der Waals surface area contributed by atoms with Gasteiger partial charge in [0, 0.05) is 29.2 Å². The van der Waals surface area contributed by atoms with Crippen molar-refractivity contribution in [3.8, 4) is 0 Å². The van der Waals surface area contributed by atoms with Crippen LogP contribution in [-0.2, 0) is 11.3 Å². The number of likely N-dealkylation sites (N-methyl/N-ethyl adjacent to an activating group) is 1. The highest BCUT2D eigenvalue weighted by Gasteiger charge is 2.25. The Kier molecular flexibility index (Phi) is 6.88. The minimum atomic E-state index is -0.388. The normalized spacial score (nSPS) is 14.9. The van der Waals surface area contributed by atoms with Crippen molar-refractivity contribution >= 4 is 40.2 Å². The number of nitro benzene ring substituents is 1. The molecule has 2 heterocycles. The third-order valence-electron chi connectivity index (χ3n) is 5.01. The molecule has 0 spiro atoms. The number of thiophene rings is 1. The van der Waals surface area contributed by atoms with Crippen molar-refractivity contribution in [2.75, 3.05) is 44.2 Å². The summed E-state index contributed by atoms with van der Waals surface area (Å²) >= 11 is 7.50. The highest BCUT2D eigenvalue weighted by molar-refractivity contribution is 7.16. The van der Waals surface area contributed by atoms with Crippen molar-refractivity contribution in [2.45, 2.75) is 13.5 Å². The highest BCUT2D eigenvalue weighted by Crippen LogP contribution is 2.22. The van der Waals surface area contributed by atoms with Gasteiger partial charge < -0.3 is 14.7 Å². The van der Waals surface area contributed by atoms with Gasteiger partial charge in [-0.1, -0.05) is 11.6 Å². The van der Waals surface area contributed by atoms with Crippen LogP contribution in [0.4, 0.5) is 11.4 Å². The molecule has 3 rings (SSSR count). The second kappa shape index (κ2) is 9.36. The highest BCUT2D eigenvalue weighted by atomic mass is 35.5. The van der Waals surface area contributed by atoms with Crippen LogP contribution in [0.5, 0.6) is 0 Å². The molecule has 1 saturated heterocycles. The lowest BCUT2D eigenvalue weighted by Crippen LogP contribution is -3.15. The first-order chi connectivity index (χ1) is 13.5. The lowest BCUT2D eigenvalue weighted by molar-refractivity contribution is -0.892. The number of anilines is 1. The summed E-state index contributed by atoms with van der Waals surface area (Å²) in [7, 11) is 0. The molecule has 9 heteroatoms. The third-order valence-corrected chi connectivity index (χ3v) is 6.22. The number of rotatable bonds is 7. The van der Waals surface area contributed by atoms with Gasteiger partial charge in [-0.15, -0.1) is 11.3 Å². The third kappa shape index (κ3) is 5.21. The summed E-state index contributed by atoms with van der Waals surface area (Å²) < 4.78 is 0.742. The van der Waals surface area contributed by atoms with E-state index in [-0.39, 0.29) is 16.5 Å². The molecule has 1 aromatic heterocycles. The SMILES string of the molecule is CCN(Cc1ccc(Cl)s1)C(=O)C[NH+]1CCN(c2ccc([N+](=O)[O-])cc2)CC1. The predicted octanol–water partition coefficient (Wildman–Crippen LogP) is 2.06. The standard InChI is InChI=1S/C19H23ClN4O3S/c1-2-22(13-17-7-8-18(20)28-17)19(25)14-21-9-11-23(12-10-21)15-3-5-16(6-4-15)24(26)27/h3-8H,2,9-14H2,1H3/p+1. The van der Waals surface area contributed by atoms with E-state index in [2.05, 4.69) is 4.90 Å². The molecule has 1 fully saturated rings. The Bertz CT molecular complexity index is 819. The number of nitro groups is 1.